The number of nitrogens with zero attached hydrogens (tertiary/aromatic N) is 1. The van der Waals surface area contributed by atoms with Gasteiger partial charge < -0.3 is 19.7 Å². The third-order valence-corrected chi connectivity index (χ3v) is 4.71. The fraction of sp³-hybridized carbons (Fsp3) is 0.350. The zero-order chi connectivity index (χ0) is 20.3. The maximum Gasteiger partial charge on any atom is 0.416 e. The minimum absolute atomic E-state index is 0.276. The van der Waals surface area contributed by atoms with Crippen LogP contribution in [0.3, 0.4) is 0 Å². The van der Waals surface area contributed by atoms with Gasteiger partial charge in [0.15, 0.2) is 11.5 Å². The molecule has 1 N–H and O–H groups in total. The van der Waals surface area contributed by atoms with E-state index >= 15 is 0 Å². The van der Waals surface area contributed by atoms with Gasteiger partial charge in [0.25, 0.3) is 0 Å². The zero-order valence-corrected chi connectivity index (χ0v) is 15.5. The Morgan fingerprint density at radius 3 is 2.54 bits per heavy atom. The van der Waals surface area contributed by atoms with Crippen LogP contribution >= 0.6 is 0 Å². The average molecular weight is 394 g/mol. The fourth-order valence-corrected chi connectivity index (χ4v) is 3.35. The van der Waals surface area contributed by atoms with Gasteiger partial charge in [0, 0.05) is 24.0 Å². The van der Waals surface area contributed by atoms with Crippen LogP contribution < -0.4 is 19.7 Å². The van der Waals surface area contributed by atoms with Gasteiger partial charge in [-0.05, 0) is 43.2 Å². The summed E-state index contributed by atoms with van der Waals surface area (Å²) in [6.45, 7) is 0.519. The molecule has 3 rings (SSSR count). The highest BCUT2D eigenvalue weighted by Gasteiger charge is 2.34. The predicted molar refractivity (Wildman–Crippen MR) is 100.0 cm³/mol. The Morgan fingerprint density at radius 2 is 1.86 bits per heavy atom. The summed E-state index contributed by atoms with van der Waals surface area (Å²) >= 11 is 0. The minimum atomic E-state index is -4.42. The average Bonchev–Trinajstić information content (AvgIpc) is 3.17. The number of amides is 1. The normalized spacial score (nSPS) is 16.8. The number of anilines is 2. The van der Waals surface area contributed by atoms with Crippen LogP contribution in [-0.2, 0) is 11.0 Å². The van der Waals surface area contributed by atoms with Crippen molar-refractivity contribution in [3.8, 4) is 11.5 Å². The molecule has 0 bridgehead atoms. The number of hydrogen-bond donors (Lipinski definition) is 1. The second-order valence-electron chi connectivity index (χ2n) is 6.46. The van der Waals surface area contributed by atoms with E-state index < -0.39 is 17.8 Å². The Bertz CT molecular complexity index is 855. The third kappa shape index (κ3) is 4.16. The van der Waals surface area contributed by atoms with Gasteiger partial charge in [-0.15, -0.1) is 0 Å². The van der Waals surface area contributed by atoms with Crippen molar-refractivity contribution in [2.24, 2.45) is 0 Å². The molecule has 2 aromatic carbocycles. The lowest BCUT2D eigenvalue weighted by Gasteiger charge is -2.26. The van der Waals surface area contributed by atoms with E-state index in [-0.39, 0.29) is 5.91 Å². The van der Waals surface area contributed by atoms with Crippen molar-refractivity contribution in [3.63, 3.8) is 0 Å². The van der Waals surface area contributed by atoms with E-state index in [4.69, 9.17) is 9.47 Å². The molecule has 5 nitrogen and oxygen atoms in total. The van der Waals surface area contributed by atoms with Crippen LogP contribution in [0.25, 0.3) is 0 Å². The van der Waals surface area contributed by atoms with Gasteiger partial charge >= 0.3 is 6.18 Å². The van der Waals surface area contributed by atoms with E-state index in [0.29, 0.717) is 35.8 Å². The maximum atomic E-state index is 13.0. The minimum Gasteiger partial charge on any atom is -0.493 e. The SMILES string of the molecule is COc1ccc(NC(=O)[C@@H]2CCCN2c2cccc(C(F)(F)F)c2)cc1OC. The van der Waals surface area contributed by atoms with Gasteiger partial charge in [-0.2, -0.15) is 13.2 Å². The van der Waals surface area contributed by atoms with E-state index in [9.17, 15) is 18.0 Å². The summed E-state index contributed by atoms with van der Waals surface area (Å²) in [6.07, 6.45) is -3.14. The Hall–Kier alpha value is -2.90. The number of rotatable bonds is 5. The summed E-state index contributed by atoms with van der Waals surface area (Å²) in [7, 11) is 3.01. The molecule has 1 saturated heterocycles. The van der Waals surface area contributed by atoms with E-state index in [1.165, 1.54) is 20.3 Å². The third-order valence-electron chi connectivity index (χ3n) is 4.71. The summed E-state index contributed by atoms with van der Waals surface area (Å²) in [5.74, 6) is 0.732. The largest absolute Gasteiger partial charge is 0.493 e. The van der Waals surface area contributed by atoms with Crippen molar-refractivity contribution in [1.82, 2.24) is 0 Å². The number of carbonyl (C=O) groups is 1. The molecule has 150 valence electrons. The first-order valence-corrected chi connectivity index (χ1v) is 8.80. The van der Waals surface area contributed by atoms with Crippen molar-refractivity contribution >= 4 is 17.3 Å². The predicted octanol–water partition coefficient (Wildman–Crippen LogP) is 4.33. The number of halogens is 3. The van der Waals surface area contributed by atoms with Crippen LogP contribution in [0.4, 0.5) is 24.5 Å². The number of hydrogen-bond acceptors (Lipinski definition) is 4. The van der Waals surface area contributed by atoms with Crippen molar-refractivity contribution in [3.05, 3.63) is 48.0 Å². The molecule has 8 heteroatoms. The van der Waals surface area contributed by atoms with Crippen molar-refractivity contribution in [2.45, 2.75) is 25.1 Å². The first kappa shape index (κ1) is 19.9. The van der Waals surface area contributed by atoms with Gasteiger partial charge in [-0.1, -0.05) is 6.07 Å². The number of carbonyl (C=O) groups excluding carboxylic acids is 1. The molecule has 1 amide bonds. The zero-order valence-electron chi connectivity index (χ0n) is 15.5. The Kier molecular flexibility index (Phi) is 5.67. The fourth-order valence-electron chi connectivity index (χ4n) is 3.35. The molecular weight excluding hydrogens is 373 g/mol. The second kappa shape index (κ2) is 8.00. The lowest BCUT2D eigenvalue weighted by molar-refractivity contribution is -0.137. The summed E-state index contributed by atoms with van der Waals surface area (Å²) in [5, 5.41) is 2.82. The van der Waals surface area contributed by atoms with Crippen LogP contribution in [-0.4, -0.2) is 32.7 Å². The van der Waals surface area contributed by atoms with E-state index in [2.05, 4.69) is 5.32 Å². The van der Waals surface area contributed by atoms with Crippen molar-refractivity contribution < 1.29 is 27.4 Å². The summed E-state index contributed by atoms with van der Waals surface area (Å²) in [4.78, 5) is 14.5. The van der Waals surface area contributed by atoms with Gasteiger partial charge in [-0.25, -0.2) is 0 Å². The lowest BCUT2D eigenvalue weighted by atomic mass is 10.1. The van der Waals surface area contributed by atoms with Gasteiger partial charge in [0.05, 0.1) is 19.8 Å². The Morgan fingerprint density at radius 1 is 1.11 bits per heavy atom. The molecule has 2 aromatic rings. The number of alkyl halides is 3. The van der Waals surface area contributed by atoms with Crippen molar-refractivity contribution in [1.29, 1.82) is 0 Å². The number of methoxy groups -OCH3 is 2. The summed E-state index contributed by atoms with van der Waals surface area (Å²) in [6, 6.07) is 9.52. The molecule has 1 fully saturated rings. The molecule has 0 spiro atoms. The van der Waals surface area contributed by atoms with Gasteiger partial charge in [0.1, 0.15) is 6.04 Å². The molecule has 1 atom stereocenters. The Balaban J connectivity index is 1.79. The highest BCUT2D eigenvalue weighted by molar-refractivity contribution is 5.97. The van der Waals surface area contributed by atoms with Gasteiger partial charge in [-0.3, -0.25) is 4.79 Å². The molecule has 1 heterocycles. The number of nitrogens with one attached hydrogen (secondary N) is 1. The van der Waals surface area contributed by atoms with Gasteiger partial charge in [0.2, 0.25) is 5.91 Å². The molecule has 28 heavy (non-hydrogen) atoms. The van der Waals surface area contributed by atoms with Crippen LogP contribution in [0.2, 0.25) is 0 Å². The highest BCUT2D eigenvalue weighted by Crippen LogP contribution is 2.34. The molecule has 0 unspecified atom stereocenters. The first-order chi connectivity index (χ1) is 13.3. The smallest absolute Gasteiger partial charge is 0.416 e. The van der Waals surface area contributed by atoms with Crippen LogP contribution in [0.5, 0.6) is 11.5 Å². The second-order valence-corrected chi connectivity index (χ2v) is 6.46. The molecule has 0 radical (unpaired) electrons. The topological polar surface area (TPSA) is 50.8 Å². The Labute approximate surface area is 161 Å². The quantitative estimate of drug-likeness (QED) is 0.820. The highest BCUT2D eigenvalue weighted by atomic mass is 19.4. The van der Waals surface area contributed by atoms with Crippen LogP contribution in [0.1, 0.15) is 18.4 Å². The molecule has 0 aliphatic carbocycles. The van der Waals surface area contributed by atoms with Crippen LogP contribution in [0.15, 0.2) is 42.5 Å². The molecule has 1 aliphatic rings. The number of benzene rings is 2. The molecule has 1 aliphatic heterocycles. The molecular formula is C20H21F3N2O3. The summed E-state index contributed by atoms with van der Waals surface area (Å²) in [5.41, 5.74) is 0.189. The maximum absolute atomic E-state index is 13.0. The lowest BCUT2D eigenvalue weighted by Crippen LogP contribution is -2.39. The standard InChI is InChI=1S/C20H21F3N2O3/c1-27-17-9-8-14(12-18(17)28-2)24-19(26)16-7-4-10-25(16)15-6-3-5-13(11-15)20(21,22)23/h3,5-6,8-9,11-12,16H,4,7,10H2,1-2H3,(H,24,26)/t16-/m0/s1. The summed E-state index contributed by atoms with van der Waals surface area (Å²) < 4.78 is 49.4. The van der Waals surface area contributed by atoms with E-state index in [1.54, 1.807) is 29.2 Å². The van der Waals surface area contributed by atoms with Crippen molar-refractivity contribution in [2.75, 3.05) is 31.0 Å². The van der Waals surface area contributed by atoms with E-state index in [0.717, 1.165) is 18.6 Å². The molecule has 0 saturated carbocycles. The van der Waals surface area contributed by atoms with Crippen LogP contribution in [0, 0.1) is 0 Å². The number of ether oxygens (including phenoxy) is 2. The molecule has 0 aromatic heterocycles. The monoisotopic (exact) mass is 394 g/mol. The first-order valence-electron chi connectivity index (χ1n) is 8.80. The van der Waals surface area contributed by atoms with E-state index in [1.807, 2.05) is 0 Å².